The highest BCUT2D eigenvalue weighted by molar-refractivity contribution is 6.55. The summed E-state index contributed by atoms with van der Waals surface area (Å²) in [5.74, 6) is -1.34. The average Bonchev–Trinajstić information content (AvgIpc) is 2.37. The van der Waals surface area contributed by atoms with Crippen molar-refractivity contribution in [2.24, 2.45) is 0 Å². The van der Waals surface area contributed by atoms with Crippen molar-refractivity contribution in [1.29, 1.82) is 0 Å². The summed E-state index contributed by atoms with van der Waals surface area (Å²) in [5.41, 5.74) is 0. The molecule has 6 heteroatoms. The van der Waals surface area contributed by atoms with Gasteiger partial charge in [-0.25, -0.2) is 0 Å². The third kappa shape index (κ3) is 1.93. The van der Waals surface area contributed by atoms with Crippen LogP contribution in [-0.4, -0.2) is 27.3 Å². The number of carbonyl (C=O) groups excluding carboxylic acids is 2. The number of nitrogens with one attached hydrogen (secondary N) is 1. The van der Waals surface area contributed by atoms with Crippen LogP contribution in [0.1, 0.15) is 32.1 Å². The van der Waals surface area contributed by atoms with Crippen LogP contribution in [-0.2, 0) is 9.59 Å². The predicted molar refractivity (Wildman–Crippen MR) is 56.3 cm³/mol. The fourth-order valence-corrected chi connectivity index (χ4v) is 2.82. The molecular formula is C9H12Cl2N2O2. The lowest BCUT2D eigenvalue weighted by molar-refractivity contribution is -0.142. The Balaban J connectivity index is 2.18. The third-order valence-electron chi connectivity index (χ3n) is 2.92. The van der Waals surface area contributed by atoms with E-state index in [9.17, 15) is 9.59 Å². The highest BCUT2D eigenvalue weighted by Gasteiger charge is 2.51. The van der Waals surface area contributed by atoms with E-state index < -0.39 is 16.4 Å². The standard InChI is InChI=1S/C9H12Cl2N2O2/c10-9(11)12-7(14)8(15)13(9)6-4-2-1-3-5-6/h6H,1-5H2,(H,12,14). The third-order valence-corrected chi connectivity index (χ3v) is 3.47. The SMILES string of the molecule is O=C1NC(Cl)(Cl)N(C2CCCCC2)C1=O. The van der Waals surface area contributed by atoms with Crippen LogP contribution in [0.3, 0.4) is 0 Å². The smallest absolute Gasteiger partial charge is 0.299 e. The van der Waals surface area contributed by atoms with Crippen molar-refractivity contribution in [2.45, 2.75) is 42.7 Å². The molecule has 0 aromatic rings. The molecule has 0 atom stereocenters. The monoisotopic (exact) mass is 250 g/mol. The van der Waals surface area contributed by atoms with Crippen LogP contribution >= 0.6 is 23.2 Å². The van der Waals surface area contributed by atoms with Crippen LogP contribution in [0.2, 0.25) is 0 Å². The summed E-state index contributed by atoms with van der Waals surface area (Å²) in [6, 6.07) is -0.0137. The molecule has 15 heavy (non-hydrogen) atoms. The number of nitrogens with zero attached hydrogens (tertiary/aromatic N) is 1. The van der Waals surface area contributed by atoms with Gasteiger partial charge in [0.05, 0.1) is 0 Å². The summed E-state index contributed by atoms with van der Waals surface area (Å²) in [4.78, 5) is 24.0. The molecule has 1 heterocycles. The quantitative estimate of drug-likeness (QED) is 0.434. The molecule has 0 radical (unpaired) electrons. The van der Waals surface area contributed by atoms with E-state index in [0.717, 1.165) is 32.1 Å². The maximum Gasteiger partial charge on any atom is 0.316 e. The first-order valence-electron chi connectivity index (χ1n) is 5.06. The molecule has 84 valence electrons. The molecule has 0 bridgehead atoms. The number of hydrogen-bond acceptors (Lipinski definition) is 2. The number of amides is 2. The van der Waals surface area contributed by atoms with Crippen molar-refractivity contribution in [1.82, 2.24) is 10.2 Å². The molecule has 0 aromatic carbocycles. The van der Waals surface area contributed by atoms with Crippen molar-refractivity contribution in [3.05, 3.63) is 0 Å². The topological polar surface area (TPSA) is 49.4 Å². The van der Waals surface area contributed by atoms with Gasteiger partial charge in [0.2, 0.25) is 0 Å². The van der Waals surface area contributed by atoms with Crippen molar-refractivity contribution in [2.75, 3.05) is 0 Å². The molecule has 2 aliphatic rings. The van der Waals surface area contributed by atoms with Gasteiger partial charge in [-0.2, -0.15) is 0 Å². The summed E-state index contributed by atoms with van der Waals surface area (Å²) in [6.45, 7) is 0. The molecular weight excluding hydrogens is 239 g/mol. The van der Waals surface area contributed by atoms with E-state index in [4.69, 9.17) is 23.2 Å². The van der Waals surface area contributed by atoms with Gasteiger partial charge >= 0.3 is 11.8 Å². The molecule has 1 aliphatic carbocycles. The molecule has 0 spiro atoms. The van der Waals surface area contributed by atoms with Gasteiger partial charge in [0, 0.05) is 6.04 Å². The fraction of sp³-hybridized carbons (Fsp3) is 0.778. The van der Waals surface area contributed by atoms with Gasteiger partial charge in [-0.15, -0.1) is 0 Å². The Labute approximate surface area is 97.9 Å². The summed E-state index contributed by atoms with van der Waals surface area (Å²) in [6.07, 6.45) is 4.99. The van der Waals surface area contributed by atoms with E-state index in [2.05, 4.69) is 5.32 Å². The Morgan fingerprint density at radius 1 is 1.20 bits per heavy atom. The van der Waals surface area contributed by atoms with E-state index >= 15 is 0 Å². The fourth-order valence-electron chi connectivity index (χ4n) is 2.22. The van der Waals surface area contributed by atoms with Gasteiger partial charge < -0.3 is 0 Å². The van der Waals surface area contributed by atoms with Crippen LogP contribution in [0.15, 0.2) is 0 Å². The predicted octanol–water partition coefficient (Wildman–Crippen LogP) is 1.37. The number of rotatable bonds is 1. The first-order valence-corrected chi connectivity index (χ1v) is 5.81. The van der Waals surface area contributed by atoms with Gasteiger partial charge in [-0.05, 0) is 12.8 Å². The Morgan fingerprint density at radius 3 is 2.27 bits per heavy atom. The Hall–Kier alpha value is -0.480. The molecule has 1 aliphatic heterocycles. The van der Waals surface area contributed by atoms with Crippen molar-refractivity contribution < 1.29 is 9.59 Å². The summed E-state index contributed by atoms with van der Waals surface area (Å²) < 4.78 is -1.56. The first-order chi connectivity index (χ1) is 7.02. The van der Waals surface area contributed by atoms with Gasteiger partial charge in [0.1, 0.15) is 0 Å². The molecule has 4 nitrogen and oxygen atoms in total. The zero-order valence-electron chi connectivity index (χ0n) is 8.13. The molecule has 1 saturated heterocycles. The van der Waals surface area contributed by atoms with E-state index in [1.54, 1.807) is 0 Å². The second kappa shape index (κ2) is 3.83. The minimum Gasteiger partial charge on any atom is -0.299 e. The lowest BCUT2D eigenvalue weighted by atomic mass is 9.94. The highest BCUT2D eigenvalue weighted by Crippen LogP contribution is 2.35. The summed E-state index contributed by atoms with van der Waals surface area (Å²) in [5, 5.41) is 2.26. The Morgan fingerprint density at radius 2 is 1.80 bits per heavy atom. The maximum atomic E-state index is 11.6. The second-order valence-electron chi connectivity index (χ2n) is 3.96. The normalized spacial score (nSPS) is 26.9. The van der Waals surface area contributed by atoms with E-state index in [0.29, 0.717) is 0 Å². The van der Waals surface area contributed by atoms with Crippen molar-refractivity contribution >= 4 is 35.0 Å². The minimum atomic E-state index is -1.56. The molecule has 1 N–H and O–H groups in total. The number of carbonyl (C=O) groups is 2. The van der Waals surface area contributed by atoms with Crippen molar-refractivity contribution in [3.8, 4) is 0 Å². The molecule has 2 fully saturated rings. The average molecular weight is 251 g/mol. The molecule has 0 aromatic heterocycles. The van der Waals surface area contributed by atoms with Gasteiger partial charge in [0.15, 0.2) is 0 Å². The summed E-state index contributed by atoms with van der Waals surface area (Å²) >= 11 is 11.8. The van der Waals surface area contributed by atoms with Gasteiger partial charge in [0.25, 0.3) is 4.58 Å². The molecule has 0 unspecified atom stereocenters. The largest absolute Gasteiger partial charge is 0.316 e. The lowest BCUT2D eigenvalue weighted by Gasteiger charge is -2.35. The maximum absolute atomic E-state index is 11.6. The van der Waals surface area contributed by atoms with Crippen LogP contribution in [0, 0.1) is 0 Å². The van der Waals surface area contributed by atoms with Gasteiger partial charge in [-0.1, -0.05) is 42.5 Å². The van der Waals surface area contributed by atoms with E-state index in [1.165, 1.54) is 4.90 Å². The minimum absolute atomic E-state index is 0.0137. The number of hydrogen-bond donors (Lipinski definition) is 1. The van der Waals surface area contributed by atoms with E-state index in [-0.39, 0.29) is 6.04 Å². The molecule has 2 rings (SSSR count). The number of alkyl halides is 2. The first kappa shape index (κ1) is 11.0. The van der Waals surface area contributed by atoms with Gasteiger partial charge in [-0.3, -0.25) is 19.8 Å². The Kier molecular flexibility index (Phi) is 2.81. The molecule has 1 saturated carbocycles. The zero-order chi connectivity index (χ0) is 11.1. The second-order valence-corrected chi connectivity index (χ2v) is 5.25. The zero-order valence-corrected chi connectivity index (χ0v) is 9.64. The Bertz CT molecular complexity index is 300. The highest BCUT2D eigenvalue weighted by atomic mass is 35.5. The summed E-state index contributed by atoms with van der Waals surface area (Å²) in [7, 11) is 0. The van der Waals surface area contributed by atoms with Crippen LogP contribution in [0.5, 0.6) is 0 Å². The van der Waals surface area contributed by atoms with E-state index in [1.807, 2.05) is 0 Å². The lowest BCUT2D eigenvalue weighted by Crippen LogP contribution is -2.49. The van der Waals surface area contributed by atoms with Crippen LogP contribution < -0.4 is 5.32 Å². The molecule has 2 amide bonds. The van der Waals surface area contributed by atoms with Crippen LogP contribution in [0.25, 0.3) is 0 Å². The van der Waals surface area contributed by atoms with Crippen LogP contribution in [0.4, 0.5) is 0 Å². The van der Waals surface area contributed by atoms with Crippen molar-refractivity contribution in [3.63, 3.8) is 0 Å². The number of halogens is 2.